The topological polar surface area (TPSA) is 209 Å². The van der Waals surface area contributed by atoms with Crippen LogP contribution in [-0.2, 0) is 14.9 Å². The number of para-hydroxylation sites is 2. The molecule has 49 heavy (non-hydrogen) atoms. The molecule has 0 spiro atoms. The number of rotatable bonds is 12. The molecule has 6 aromatic rings. The number of anilines is 2. The number of carbonyl (C=O) groups excluding carboxylic acids is 1. The van der Waals surface area contributed by atoms with E-state index in [1.807, 2.05) is 0 Å². The van der Waals surface area contributed by atoms with Crippen LogP contribution in [0.2, 0.25) is 0 Å². The van der Waals surface area contributed by atoms with E-state index < -0.39 is 22.0 Å². The summed E-state index contributed by atoms with van der Waals surface area (Å²) in [7, 11) is -2.83. The summed E-state index contributed by atoms with van der Waals surface area (Å²) in [6.45, 7) is 1.90. The molecule has 0 saturated carbocycles. The molecule has 0 radical (unpaired) electrons. The second-order valence-corrected chi connectivity index (χ2v) is 11.4. The molecule has 2 aromatic carbocycles. The zero-order chi connectivity index (χ0) is 34.2. The highest BCUT2D eigenvalue weighted by atomic mass is 32.2. The van der Waals surface area contributed by atoms with Gasteiger partial charge < -0.3 is 9.47 Å². The normalized spacial score (nSPS) is 11.0. The molecule has 2 N–H and O–H groups in total. The van der Waals surface area contributed by atoms with Gasteiger partial charge in [0.05, 0.1) is 12.0 Å². The highest BCUT2D eigenvalue weighted by molar-refractivity contribution is 7.92. The molecule has 0 saturated heterocycles. The summed E-state index contributed by atoms with van der Waals surface area (Å²) >= 11 is 0. The Morgan fingerprint density at radius 1 is 0.918 bits per heavy atom. The number of hydrogen-bond acceptors (Lipinski definition) is 14. The Morgan fingerprint density at radius 3 is 2.41 bits per heavy atom. The van der Waals surface area contributed by atoms with Gasteiger partial charge in [-0.25, -0.2) is 33.2 Å². The van der Waals surface area contributed by atoms with Gasteiger partial charge in [-0.05, 0) is 65.9 Å². The number of H-pyrrole nitrogens is 1. The van der Waals surface area contributed by atoms with E-state index in [9.17, 15) is 13.2 Å². The number of tetrazole rings is 1. The molecule has 17 nitrogen and oxygen atoms in total. The van der Waals surface area contributed by atoms with Crippen LogP contribution in [0.15, 0.2) is 102 Å². The Hall–Kier alpha value is -6.69. The van der Waals surface area contributed by atoms with Gasteiger partial charge in [-0.2, -0.15) is 4.98 Å². The van der Waals surface area contributed by atoms with E-state index in [1.54, 1.807) is 79.7 Å². The molecule has 4 heterocycles. The summed E-state index contributed by atoms with van der Waals surface area (Å²) < 4.78 is 41.3. The van der Waals surface area contributed by atoms with E-state index >= 15 is 0 Å². The fourth-order valence-corrected chi connectivity index (χ4v) is 5.39. The van der Waals surface area contributed by atoms with Crippen LogP contribution in [-0.4, -0.2) is 68.7 Å². The summed E-state index contributed by atoms with van der Waals surface area (Å²) in [6.07, 6.45) is 2.03. The smallest absolute Gasteiger partial charge is 0.458 e. The van der Waals surface area contributed by atoms with Crippen molar-refractivity contribution in [1.82, 2.24) is 40.6 Å². The Labute approximate surface area is 278 Å². The van der Waals surface area contributed by atoms with Crippen molar-refractivity contribution in [1.29, 1.82) is 0 Å². The number of sulfonamides is 1. The molecule has 18 heteroatoms. The molecule has 0 atom stereocenters. The van der Waals surface area contributed by atoms with Crippen molar-refractivity contribution >= 4 is 27.8 Å². The van der Waals surface area contributed by atoms with Gasteiger partial charge >= 0.3 is 12.0 Å². The first-order chi connectivity index (χ1) is 23.9. The van der Waals surface area contributed by atoms with Crippen LogP contribution < -0.4 is 24.0 Å². The summed E-state index contributed by atoms with van der Waals surface area (Å²) in [5.74, 6) is -0.261. The molecule has 4 aromatic heterocycles. The van der Waals surface area contributed by atoms with Crippen molar-refractivity contribution in [2.75, 3.05) is 23.3 Å². The third-order valence-electron chi connectivity index (χ3n) is 6.66. The number of aromatic amines is 1. The average molecular weight is 683 g/mol. The van der Waals surface area contributed by atoms with Crippen LogP contribution in [0.3, 0.4) is 0 Å². The molecular formula is C31H26N10O7S. The summed E-state index contributed by atoms with van der Waals surface area (Å²) in [6, 6.07) is 22.3. The molecule has 0 aliphatic carbocycles. The summed E-state index contributed by atoms with van der Waals surface area (Å²) in [4.78, 5) is 42.6. The number of aromatic nitrogens is 8. The van der Waals surface area contributed by atoms with Gasteiger partial charge in [-0.3, -0.25) is 19.5 Å². The second-order valence-electron chi connectivity index (χ2n) is 9.75. The Kier molecular flexibility index (Phi) is 9.47. The first kappa shape index (κ1) is 32.3. The van der Waals surface area contributed by atoms with E-state index in [2.05, 4.69) is 45.3 Å². The number of nitrogens with zero attached hydrogens (tertiary/aromatic N) is 8. The van der Waals surface area contributed by atoms with Crippen LogP contribution >= 0.6 is 0 Å². The van der Waals surface area contributed by atoms with Crippen molar-refractivity contribution in [3.8, 4) is 46.0 Å². The number of benzene rings is 2. The lowest BCUT2D eigenvalue weighted by Gasteiger charge is -2.20. The molecule has 0 unspecified atom stereocenters. The quantitative estimate of drug-likeness (QED) is 0.133. The molecule has 0 aliphatic heterocycles. The van der Waals surface area contributed by atoms with Crippen LogP contribution in [0, 0.1) is 0 Å². The van der Waals surface area contributed by atoms with E-state index in [0.29, 0.717) is 17.1 Å². The first-order valence-electron chi connectivity index (χ1n) is 14.4. The van der Waals surface area contributed by atoms with Crippen LogP contribution in [0.1, 0.15) is 6.92 Å². The SMILES string of the molecule is CCN(C(=O)OOc1nc(-c2ccnc(-c3nnn[nH]3)c2)nc(NS(=O)(=O)c2ccccc2)c1Oc1ccccc1OC)c1ccccn1. The molecular weight excluding hydrogens is 656 g/mol. The fraction of sp³-hybridized carbons (Fsp3) is 0.0968. The van der Waals surface area contributed by atoms with Gasteiger partial charge in [-0.1, -0.05) is 36.4 Å². The Balaban J connectivity index is 1.49. The van der Waals surface area contributed by atoms with Crippen LogP contribution in [0.4, 0.5) is 16.4 Å². The van der Waals surface area contributed by atoms with Gasteiger partial charge in [-0.15, -0.1) is 5.10 Å². The highest BCUT2D eigenvalue weighted by Crippen LogP contribution is 2.42. The molecule has 0 bridgehead atoms. The summed E-state index contributed by atoms with van der Waals surface area (Å²) in [5, 5.41) is 13.7. The predicted molar refractivity (Wildman–Crippen MR) is 173 cm³/mol. The van der Waals surface area contributed by atoms with Crippen LogP contribution in [0.5, 0.6) is 23.1 Å². The van der Waals surface area contributed by atoms with Crippen molar-refractivity contribution in [2.24, 2.45) is 0 Å². The molecule has 6 rings (SSSR count). The first-order valence-corrected chi connectivity index (χ1v) is 15.9. The number of methoxy groups -OCH3 is 1. The Bertz CT molecular complexity index is 2160. The number of hydrogen-bond donors (Lipinski definition) is 2. The van der Waals surface area contributed by atoms with E-state index in [-0.39, 0.29) is 46.2 Å². The highest BCUT2D eigenvalue weighted by Gasteiger charge is 2.28. The van der Waals surface area contributed by atoms with Crippen molar-refractivity contribution < 1.29 is 32.5 Å². The standard InChI is InChI=1S/C31H26N10O7S/c1-3-41(25-15-9-10-17-33-25)31(42)48-47-30-26(46-24-14-8-7-13-23(24)45-2)29(38-49(43,44)21-11-5-4-6-12-21)34-27(35-30)20-16-18-32-22(19-20)28-36-39-40-37-28/h4-19H,3H2,1-2H3,(H,34,35,38)(H,36,37,39,40). The number of pyridine rings is 2. The fourth-order valence-electron chi connectivity index (χ4n) is 4.36. The molecule has 0 fully saturated rings. The van der Waals surface area contributed by atoms with E-state index in [0.717, 1.165) is 0 Å². The third-order valence-corrected chi connectivity index (χ3v) is 8.02. The van der Waals surface area contributed by atoms with E-state index in [1.165, 1.54) is 36.5 Å². The molecule has 248 valence electrons. The molecule has 0 aliphatic rings. The minimum Gasteiger partial charge on any atom is -0.493 e. The number of amides is 1. The number of carbonyl (C=O) groups is 1. The van der Waals surface area contributed by atoms with Crippen molar-refractivity contribution in [2.45, 2.75) is 11.8 Å². The summed E-state index contributed by atoms with van der Waals surface area (Å²) in [5.41, 5.74) is 0.667. The number of ether oxygens (including phenoxy) is 2. The van der Waals surface area contributed by atoms with Gasteiger partial charge in [0.1, 0.15) is 11.5 Å². The van der Waals surface area contributed by atoms with Crippen molar-refractivity contribution in [3.63, 3.8) is 0 Å². The maximum absolute atomic E-state index is 13.6. The van der Waals surface area contributed by atoms with E-state index in [4.69, 9.17) is 19.2 Å². The zero-order valence-corrected chi connectivity index (χ0v) is 26.6. The minimum absolute atomic E-state index is 0.0646. The third kappa shape index (κ3) is 7.33. The van der Waals surface area contributed by atoms with Gasteiger partial charge in [0.25, 0.3) is 10.0 Å². The maximum Gasteiger partial charge on any atom is 0.458 e. The lowest BCUT2D eigenvalue weighted by molar-refractivity contribution is -0.144. The van der Waals surface area contributed by atoms with Gasteiger partial charge in [0.2, 0.25) is 5.75 Å². The minimum atomic E-state index is -4.26. The molecule has 1 amide bonds. The zero-order valence-electron chi connectivity index (χ0n) is 25.8. The van der Waals surface area contributed by atoms with Crippen molar-refractivity contribution in [3.05, 3.63) is 97.3 Å². The second kappa shape index (κ2) is 14.4. The Morgan fingerprint density at radius 2 is 1.69 bits per heavy atom. The van der Waals surface area contributed by atoms with Gasteiger partial charge in [0, 0.05) is 24.5 Å². The number of nitrogens with one attached hydrogen (secondary N) is 2. The predicted octanol–water partition coefficient (Wildman–Crippen LogP) is 4.67. The van der Waals surface area contributed by atoms with Crippen LogP contribution in [0.25, 0.3) is 22.9 Å². The average Bonchev–Trinajstić information content (AvgIpc) is 3.68. The monoisotopic (exact) mass is 682 g/mol. The van der Waals surface area contributed by atoms with Gasteiger partial charge in [0.15, 0.2) is 29.0 Å². The maximum atomic E-state index is 13.6. The lowest BCUT2D eigenvalue weighted by Crippen LogP contribution is -2.33. The lowest BCUT2D eigenvalue weighted by atomic mass is 10.2. The largest absolute Gasteiger partial charge is 0.493 e.